The standard InChI is InChI=1S/C26H22Br2N2O2/c27-23-10-4-19(5-11-23)8-14-25(31)29-17-21-2-1-3-22(16-21)18-30-26(32)15-9-20-6-12-24(28)13-7-20/h1-16H,17-18H2,(H,29,31)(H,30,32)/b14-8+,15-9+. The Morgan fingerprint density at radius 2 is 1.06 bits per heavy atom. The molecule has 32 heavy (non-hydrogen) atoms. The minimum Gasteiger partial charge on any atom is -0.348 e. The lowest BCUT2D eigenvalue weighted by Gasteiger charge is -2.07. The smallest absolute Gasteiger partial charge is 0.244 e. The first-order valence-corrected chi connectivity index (χ1v) is 11.6. The fraction of sp³-hybridized carbons (Fsp3) is 0.0769. The summed E-state index contributed by atoms with van der Waals surface area (Å²) in [4.78, 5) is 24.2. The van der Waals surface area contributed by atoms with Crippen LogP contribution in [-0.4, -0.2) is 11.8 Å². The summed E-state index contributed by atoms with van der Waals surface area (Å²) in [5.41, 5.74) is 3.84. The Bertz CT molecular complexity index is 1030. The van der Waals surface area contributed by atoms with E-state index in [1.165, 1.54) is 12.2 Å². The van der Waals surface area contributed by atoms with Crippen molar-refractivity contribution in [2.24, 2.45) is 0 Å². The van der Waals surface area contributed by atoms with Crippen molar-refractivity contribution in [3.63, 3.8) is 0 Å². The summed E-state index contributed by atoms with van der Waals surface area (Å²) in [6, 6.07) is 23.2. The lowest BCUT2D eigenvalue weighted by Crippen LogP contribution is -2.21. The van der Waals surface area contributed by atoms with Gasteiger partial charge in [0.15, 0.2) is 0 Å². The van der Waals surface area contributed by atoms with E-state index in [-0.39, 0.29) is 11.8 Å². The van der Waals surface area contributed by atoms with Gasteiger partial charge < -0.3 is 10.6 Å². The molecule has 162 valence electrons. The molecule has 3 rings (SSSR count). The predicted octanol–water partition coefficient (Wildman–Crippen LogP) is 5.87. The number of rotatable bonds is 8. The van der Waals surface area contributed by atoms with Crippen molar-refractivity contribution < 1.29 is 9.59 Å². The van der Waals surface area contributed by atoms with Gasteiger partial charge in [-0.1, -0.05) is 80.4 Å². The Kier molecular flexibility index (Phi) is 9.01. The fourth-order valence-corrected chi connectivity index (χ4v) is 3.37. The van der Waals surface area contributed by atoms with Gasteiger partial charge in [0.05, 0.1) is 0 Å². The Balaban J connectivity index is 1.46. The minimum absolute atomic E-state index is 0.162. The number of hydrogen-bond donors (Lipinski definition) is 2. The molecule has 0 saturated carbocycles. The molecule has 0 heterocycles. The number of benzene rings is 3. The maximum absolute atomic E-state index is 12.1. The maximum atomic E-state index is 12.1. The van der Waals surface area contributed by atoms with Crippen LogP contribution in [0.5, 0.6) is 0 Å². The van der Waals surface area contributed by atoms with E-state index in [2.05, 4.69) is 42.5 Å². The van der Waals surface area contributed by atoms with Crippen molar-refractivity contribution in [2.45, 2.75) is 13.1 Å². The van der Waals surface area contributed by atoms with Crippen molar-refractivity contribution in [1.29, 1.82) is 0 Å². The van der Waals surface area contributed by atoms with Crippen LogP contribution in [0, 0.1) is 0 Å². The Hall–Kier alpha value is -2.96. The summed E-state index contributed by atoms with van der Waals surface area (Å²) in [7, 11) is 0. The summed E-state index contributed by atoms with van der Waals surface area (Å²) in [6.45, 7) is 0.823. The first kappa shape index (κ1) is 23.7. The summed E-state index contributed by atoms with van der Waals surface area (Å²) < 4.78 is 1.99. The van der Waals surface area contributed by atoms with E-state index in [1.807, 2.05) is 72.8 Å². The van der Waals surface area contributed by atoms with Gasteiger partial charge >= 0.3 is 0 Å². The molecule has 0 saturated heterocycles. The molecule has 0 radical (unpaired) electrons. The molecule has 0 unspecified atom stereocenters. The van der Waals surface area contributed by atoms with Crippen LogP contribution in [0.25, 0.3) is 12.2 Å². The van der Waals surface area contributed by atoms with E-state index in [4.69, 9.17) is 0 Å². The molecule has 0 bridgehead atoms. The van der Waals surface area contributed by atoms with Crippen molar-refractivity contribution in [3.8, 4) is 0 Å². The zero-order chi connectivity index (χ0) is 22.8. The van der Waals surface area contributed by atoms with Crippen LogP contribution in [0.15, 0.2) is 93.9 Å². The normalized spacial score (nSPS) is 11.1. The van der Waals surface area contributed by atoms with Gasteiger partial charge in [0.25, 0.3) is 0 Å². The van der Waals surface area contributed by atoms with Gasteiger partial charge in [-0.15, -0.1) is 0 Å². The maximum Gasteiger partial charge on any atom is 0.244 e. The topological polar surface area (TPSA) is 58.2 Å². The fourth-order valence-electron chi connectivity index (χ4n) is 2.84. The zero-order valence-corrected chi connectivity index (χ0v) is 20.4. The molecule has 0 aliphatic heterocycles. The summed E-state index contributed by atoms with van der Waals surface area (Å²) in [5.74, 6) is -0.325. The van der Waals surface area contributed by atoms with Gasteiger partial charge in [-0.2, -0.15) is 0 Å². The van der Waals surface area contributed by atoms with Crippen molar-refractivity contribution >= 4 is 55.8 Å². The third kappa shape index (κ3) is 8.29. The summed E-state index contributed by atoms with van der Waals surface area (Å²) in [5, 5.41) is 5.76. The first-order chi connectivity index (χ1) is 15.5. The molecule has 0 aliphatic carbocycles. The zero-order valence-electron chi connectivity index (χ0n) is 17.2. The molecule has 0 fully saturated rings. The van der Waals surface area contributed by atoms with E-state index < -0.39 is 0 Å². The third-order valence-electron chi connectivity index (χ3n) is 4.52. The van der Waals surface area contributed by atoms with E-state index in [1.54, 1.807) is 12.2 Å². The van der Waals surface area contributed by atoms with Crippen LogP contribution in [0.4, 0.5) is 0 Å². The van der Waals surface area contributed by atoms with Crippen molar-refractivity contribution in [1.82, 2.24) is 10.6 Å². The largest absolute Gasteiger partial charge is 0.348 e. The molecular formula is C26H22Br2N2O2. The highest BCUT2D eigenvalue weighted by molar-refractivity contribution is 9.10. The Morgan fingerprint density at radius 1 is 0.656 bits per heavy atom. The van der Waals surface area contributed by atoms with Gasteiger partial charge in [-0.05, 0) is 58.7 Å². The molecule has 3 aromatic carbocycles. The highest BCUT2D eigenvalue weighted by Crippen LogP contribution is 2.12. The van der Waals surface area contributed by atoms with Gasteiger partial charge in [0, 0.05) is 34.2 Å². The van der Waals surface area contributed by atoms with Crippen LogP contribution < -0.4 is 10.6 Å². The van der Waals surface area contributed by atoms with Crippen LogP contribution in [0.1, 0.15) is 22.3 Å². The van der Waals surface area contributed by atoms with Crippen LogP contribution in [0.3, 0.4) is 0 Å². The summed E-state index contributed by atoms with van der Waals surface area (Å²) in [6.07, 6.45) is 6.58. The molecule has 2 N–H and O–H groups in total. The van der Waals surface area contributed by atoms with Crippen LogP contribution >= 0.6 is 31.9 Å². The Labute approximate surface area is 204 Å². The van der Waals surface area contributed by atoms with Gasteiger partial charge in [-0.25, -0.2) is 0 Å². The van der Waals surface area contributed by atoms with Gasteiger partial charge in [-0.3, -0.25) is 9.59 Å². The first-order valence-electron chi connectivity index (χ1n) is 9.99. The SMILES string of the molecule is O=C(/C=C/c1ccc(Br)cc1)NCc1cccc(CNC(=O)/C=C/c2ccc(Br)cc2)c1. The molecule has 0 spiro atoms. The molecule has 2 amide bonds. The van der Waals surface area contributed by atoms with Crippen LogP contribution in [0.2, 0.25) is 0 Å². The number of carbonyl (C=O) groups excluding carboxylic acids is 2. The monoisotopic (exact) mass is 552 g/mol. The van der Waals surface area contributed by atoms with E-state index in [0.717, 1.165) is 31.2 Å². The number of carbonyl (C=O) groups is 2. The lowest BCUT2D eigenvalue weighted by molar-refractivity contribution is -0.117. The molecule has 3 aromatic rings. The average Bonchev–Trinajstić information content (AvgIpc) is 2.81. The Morgan fingerprint density at radius 3 is 1.47 bits per heavy atom. The predicted molar refractivity (Wildman–Crippen MR) is 136 cm³/mol. The molecule has 0 atom stereocenters. The van der Waals surface area contributed by atoms with Crippen molar-refractivity contribution in [3.05, 3.63) is 116 Å². The third-order valence-corrected chi connectivity index (χ3v) is 5.58. The number of halogens is 2. The average molecular weight is 554 g/mol. The van der Waals surface area contributed by atoms with E-state index in [0.29, 0.717) is 13.1 Å². The van der Waals surface area contributed by atoms with Crippen molar-refractivity contribution in [2.75, 3.05) is 0 Å². The van der Waals surface area contributed by atoms with Gasteiger partial charge in [0.2, 0.25) is 11.8 Å². The number of amides is 2. The second-order valence-corrected chi connectivity index (χ2v) is 8.86. The molecular weight excluding hydrogens is 532 g/mol. The molecule has 0 aliphatic rings. The summed E-state index contributed by atoms with van der Waals surface area (Å²) >= 11 is 6.78. The van der Waals surface area contributed by atoms with Gasteiger partial charge in [0.1, 0.15) is 0 Å². The second kappa shape index (κ2) is 12.2. The second-order valence-electron chi connectivity index (χ2n) is 7.03. The number of hydrogen-bond acceptors (Lipinski definition) is 2. The molecule has 6 heteroatoms. The quantitative estimate of drug-likeness (QED) is 0.343. The van der Waals surface area contributed by atoms with Crippen LogP contribution in [-0.2, 0) is 22.7 Å². The van der Waals surface area contributed by atoms with E-state index >= 15 is 0 Å². The highest BCUT2D eigenvalue weighted by atomic mass is 79.9. The number of nitrogens with one attached hydrogen (secondary N) is 2. The lowest BCUT2D eigenvalue weighted by atomic mass is 10.1. The highest BCUT2D eigenvalue weighted by Gasteiger charge is 2.01. The molecule has 0 aromatic heterocycles. The van der Waals surface area contributed by atoms with E-state index in [9.17, 15) is 9.59 Å². The molecule has 4 nitrogen and oxygen atoms in total. The minimum atomic E-state index is -0.162.